The summed E-state index contributed by atoms with van der Waals surface area (Å²) in [6, 6.07) is 10.3. The van der Waals surface area contributed by atoms with Crippen LogP contribution < -0.4 is 10.6 Å². The Morgan fingerprint density at radius 3 is 2.82 bits per heavy atom. The number of ether oxygens (including phenoxy) is 1. The largest absolute Gasteiger partial charge is 0.383 e. The molecule has 1 atom stereocenters. The van der Waals surface area contributed by atoms with E-state index >= 15 is 0 Å². The van der Waals surface area contributed by atoms with Crippen molar-refractivity contribution in [1.82, 2.24) is 20.6 Å². The van der Waals surface area contributed by atoms with Gasteiger partial charge in [0.25, 0.3) is 0 Å². The third kappa shape index (κ3) is 4.60. The zero-order valence-electron chi connectivity index (χ0n) is 13.3. The molecule has 0 fully saturated rings. The van der Waals surface area contributed by atoms with Crippen LogP contribution in [0.5, 0.6) is 0 Å². The van der Waals surface area contributed by atoms with E-state index in [9.17, 15) is 0 Å². The predicted molar refractivity (Wildman–Crippen MR) is 88.7 cm³/mol. The van der Waals surface area contributed by atoms with E-state index in [1.54, 1.807) is 14.2 Å². The van der Waals surface area contributed by atoms with Gasteiger partial charge in [-0.1, -0.05) is 30.3 Å². The van der Waals surface area contributed by atoms with Gasteiger partial charge in [-0.2, -0.15) is 0 Å². The summed E-state index contributed by atoms with van der Waals surface area (Å²) in [4.78, 5) is 11.9. The number of aliphatic imine (C=N–C) groups is 1. The lowest BCUT2D eigenvalue weighted by Gasteiger charge is -2.16. The summed E-state index contributed by atoms with van der Waals surface area (Å²) < 4.78 is 5.10. The Morgan fingerprint density at radius 2 is 2.14 bits per heavy atom. The van der Waals surface area contributed by atoms with E-state index in [1.807, 2.05) is 31.3 Å². The van der Waals surface area contributed by atoms with Crippen molar-refractivity contribution in [3.05, 3.63) is 42.4 Å². The molecule has 0 amide bonds. The van der Waals surface area contributed by atoms with Crippen LogP contribution in [0, 0.1) is 0 Å². The number of hydrogen-bond acceptors (Lipinski definition) is 3. The molecule has 0 aliphatic heterocycles. The van der Waals surface area contributed by atoms with Crippen LogP contribution in [0.3, 0.4) is 0 Å². The Bertz CT molecular complexity index is 594. The Kier molecular flexibility index (Phi) is 5.97. The molecule has 1 heterocycles. The Morgan fingerprint density at radius 1 is 1.36 bits per heavy atom. The molecule has 0 radical (unpaired) electrons. The zero-order valence-corrected chi connectivity index (χ0v) is 13.3. The quantitative estimate of drug-likeness (QED) is 0.561. The first kappa shape index (κ1) is 16.0. The molecular weight excluding hydrogens is 278 g/mol. The van der Waals surface area contributed by atoms with Crippen LogP contribution in [0.4, 0.5) is 0 Å². The predicted octanol–water partition coefficient (Wildman–Crippen LogP) is 1.78. The van der Waals surface area contributed by atoms with E-state index in [0.717, 1.165) is 23.0 Å². The highest BCUT2D eigenvalue weighted by molar-refractivity contribution is 5.79. The molecule has 0 spiro atoms. The summed E-state index contributed by atoms with van der Waals surface area (Å²) in [5, 5.41) is 6.48. The van der Waals surface area contributed by atoms with Gasteiger partial charge >= 0.3 is 0 Å². The Labute approximate surface area is 131 Å². The molecule has 1 unspecified atom stereocenters. The van der Waals surface area contributed by atoms with Gasteiger partial charge in [0.1, 0.15) is 5.82 Å². The van der Waals surface area contributed by atoms with Crippen molar-refractivity contribution in [2.24, 2.45) is 4.99 Å². The molecule has 6 heteroatoms. The van der Waals surface area contributed by atoms with Gasteiger partial charge < -0.3 is 20.4 Å². The maximum atomic E-state index is 5.10. The molecule has 22 heavy (non-hydrogen) atoms. The zero-order chi connectivity index (χ0) is 15.8. The summed E-state index contributed by atoms with van der Waals surface area (Å²) in [6.07, 6.45) is 1.84. The van der Waals surface area contributed by atoms with Crippen molar-refractivity contribution in [3.63, 3.8) is 0 Å². The lowest BCUT2D eigenvalue weighted by atomic mass is 10.2. The fraction of sp³-hybridized carbons (Fsp3) is 0.375. The third-order valence-electron chi connectivity index (χ3n) is 3.16. The van der Waals surface area contributed by atoms with E-state index < -0.39 is 0 Å². The van der Waals surface area contributed by atoms with Crippen LogP contribution in [0.1, 0.15) is 12.7 Å². The van der Waals surface area contributed by atoms with E-state index in [4.69, 9.17) is 4.74 Å². The number of methoxy groups -OCH3 is 1. The highest BCUT2D eigenvalue weighted by Gasteiger charge is 2.06. The molecule has 118 valence electrons. The van der Waals surface area contributed by atoms with Gasteiger partial charge in [0.2, 0.25) is 0 Å². The van der Waals surface area contributed by atoms with E-state index in [-0.39, 0.29) is 6.04 Å². The number of H-pyrrole nitrogens is 1. The van der Waals surface area contributed by atoms with Crippen LogP contribution in [0.25, 0.3) is 11.3 Å². The normalized spacial score (nSPS) is 13.0. The number of aromatic nitrogens is 2. The lowest BCUT2D eigenvalue weighted by Crippen LogP contribution is -2.43. The van der Waals surface area contributed by atoms with Crippen LogP contribution >= 0.6 is 0 Å². The fourth-order valence-electron chi connectivity index (χ4n) is 2.10. The van der Waals surface area contributed by atoms with Gasteiger partial charge in [-0.25, -0.2) is 4.98 Å². The number of imidazole rings is 1. The summed E-state index contributed by atoms with van der Waals surface area (Å²) in [6.45, 7) is 3.24. The molecule has 0 aliphatic carbocycles. The summed E-state index contributed by atoms with van der Waals surface area (Å²) in [5.74, 6) is 1.59. The molecule has 6 nitrogen and oxygen atoms in total. The molecule has 0 bridgehead atoms. The fourth-order valence-corrected chi connectivity index (χ4v) is 2.10. The molecule has 1 aromatic heterocycles. The van der Waals surface area contributed by atoms with E-state index in [0.29, 0.717) is 13.2 Å². The number of benzene rings is 1. The molecule has 0 saturated heterocycles. The first-order chi connectivity index (χ1) is 10.7. The Balaban J connectivity index is 1.90. The number of rotatable bonds is 6. The minimum absolute atomic E-state index is 0.188. The average molecular weight is 301 g/mol. The summed E-state index contributed by atoms with van der Waals surface area (Å²) in [7, 11) is 3.43. The van der Waals surface area contributed by atoms with Crippen molar-refractivity contribution >= 4 is 5.96 Å². The van der Waals surface area contributed by atoms with Gasteiger partial charge in [0.05, 0.1) is 25.0 Å². The second-order valence-electron chi connectivity index (χ2n) is 5.04. The maximum absolute atomic E-state index is 5.10. The molecule has 0 aliphatic rings. The van der Waals surface area contributed by atoms with Gasteiger partial charge in [0, 0.05) is 20.2 Å². The lowest BCUT2D eigenvalue weighted by molar-refractivity contribution is 0.179. The monoisotopic (exact) mass is 301 g/mol. The van der Waals surface area contributed by atoms with Gasteiger partial charge in [-0.15, -0.1) is 0 Å². The van der Waals surface area contributed by atoms with E-state index in [2.05, 4.69) is 37.7 Å². The van der Waals surface area contributed by atoms with Crippen molar-refractivity contribution in [2.75, 3.05) is 20.8 Å². The maximum Gasteiger partial charge on any atom is 0.191 e. The standard InChI is InChI=1S/C16H23N5O/c1-12(11-22-3)20-16(17-2)19-10-15-18-9-14(21-15)13-7-5-4-6-8-13/h4-9,12H,10-11H2,1-3H3,(H,18,21)(H2,17,19,20). The van der Waals surface area contributed by atoms with Crippen LogP contribution in [0.15, 0.2) is 41.5 Å². The highest BCUT2D eigenvalue weighted by atomic mass is 16.5. The van der Waals surface area contributed by atoms with Crippen molar-refractivity contribution in [3.8, 4) is 11.3 Å². The number of hydrogen-bond donors (Lipinski definition) is 3. The average Bonchev–Trinajstić information content (AvgIpc) is 3.01. The second-order valence-corrected chi connectivity index (χ2v) is 5.04. The molecular formula is C16H23N5O. The molecule has 1 aromatic carbocycles. The number of aromatic amines is 1. The number of guanidine groups is 1. The van der Waals surface area contributed by atoms with Crippen molar-refractivity contribution in [1.29, 1.82) is 0 Å². The smallest absolute Gasteiger partial charge is 0.191 e. The van der Waals surface area contributed by atoms with Crippen molar-refractivity contribution < 1.29 is 4.74 Å². The Hall–Kier alpha value is -2.34. The first-order valence-corrected chi connectivity index (χ1v) is 7.28. The minimum Gasteiger partial charge on any atom is -0.383 e. The summed E-state index contributed by atoms with van der Waals surface area (Å²) in [5.41, 5.74) is 2.13. The van der Waals surface area contributed by atoms with Crippen LogP contribution in [-0.4, -0.2) is 42.7 Å². The number of nitrogens with one attached hydrogen (secondary N) is 3. The molecule has 0 saturated carbocycles. The van der Waals surface area contributed by atoms with Gasteiger partial charge in [-0.3, -0.25) is 4.99 Å². The van der Waals surface area contributed by atoms with Crippen LogP contribution in [-0.2, 0) is 11.3 Å². The second kappa shape index (κ2) is 8.19. The van der Waals surface area contributed by atoms with Gasteiger partial charge in [-0.05, 0) is 12.5 Å². The van der Waals surface area contributed by atoms with Gasteiger partial charge in [0.15, 0.2) is 5.96 Å². The van der Waals surface area contributed by atoms with Crippen LogP contribution in [0.2, 0.25) is 0 Å². The molecule has 2 aromatic rings. The third-order valence-corrected chi connectivity index (χ3v) is 3.16. The summed E-state index contributed by atoms with van der Waals surface area (Å²) >= 11 is 0. The minimum atomic E-state index is 0.188. The SMILES string of the molecule is CN=C(NCc1ncc(-c2ccccc2)[nH]1)NC(C)COC. The molecule has 2 rings (SSSR count). The topological polar surface area (TPSA) is 74.3 Å². The van der Waals surface area contributed by atoms with E-state index in [1.165, 1.54) is 0 Å². The first-order valence-electron chi connectivity index (χ1n) is 7.28. The highest BCUT2D eigenvalue weighted by Crippen LogP contribution is 2.15. The number of nitrogens with zero attached hydrogens (tertiary/aromatic N) is 2. The van der Waals surface area contributed by atoms with Crippen molar-refractivity contribution in [2.45, 2.75) is 19.5 Å². The molecule has 3 N–H and O–H groups in total.